The molecule has 8 heteroatoms. The molecule has 0 saturated carbocycles. The van der Waals surface area contributed by atoms with Crippen molar-refractivity contribution in [3.8, 4) is 0 Å². The fourth-order valence-electron chi connectivity index (χ4n) is 4.49. The van der Waals surface area contributed by atoms with Gasteiger partial charge < -0.3 is 10.2 Å². The number of rotatable bonds is 11. The molecular formula is C28H35F5N2O. The molecule has 1 aliphatic heterocycles. The highest BCUT2D eigenvalue weighted by Crippen LogP contribution is 2.32. The molecule has 2 aromatic carbocycles. The molecule has 198 valence electrons. The van der Waals surface area contributed by atoms with E-state index in [1.807, 2.05) is 19.1 Å². The average Bonchev–Trinajstić information content (AvgIpc) is 2.88. The molecule has 1 fully saturated rings. The van der Waals surface area contributed by atoms with Crippen LogP contribution in [-0.4, -0.2) is 31.3 Å². The highest BCUT2D eigenvalue weighted by atomic mass is 19.4. The van der Waals surface area contributed by atoms with Crippen LogP contribution in [0.1, 0.15) is 68.6 Å². The van der Waals surface area contributed by atoms with Crippen molar-refractivity contribution in [1.29, 1.82) is 0 Å². The van der Waals surface area contributed by atoms with Gasteiger partial charge in [-0.05, 0) is 73.9 Å². The number of alkyl halides is 5. The lowest BCUT2D eigenvalue weighted by Crippen LogP contribution is -2.34. The summed E-state index contributed by atoms with van der Waals surface area (Å²) in [6.07, 6.45) is -1.93. The Morgan fingerprint density at radius 1 is 0.944 bits per heavy atom. The van der Waals surface area contributed by atoms with Crippen LogP contribution >= 0.6 is 0 Å². The van der Waals surface area contributed by atoms with Crippen molar-refractivity contribution in [3.63, 3.8) is 0 Å². The van der Waals surface area contributed by atoms with Crippen molar-refractivity contribution in [2.45, 2.75) is 83.2 Å². The highest BCUT2D eigenvalue weighted by Gasteiger charge is 2.30. The van der Waals surface area contributed by atoms with Gasteiger partial charge in [0.1, 0.15) is 6.17 Å². The van der Waals surface area contributed by atoms with Crippen LogP contribution in [0.2, 0.25) is 0 Å². The summed E-state index contributed by atoms with van der Waals surface area (Å²) in [5, 5.41) is 2.60. The second-order valence-corrected chi connectivity index (χ2v) is 9.50. The van der Waals surface area contributed by atoms with Crippen molar-refractivity contribution in [1.82, 2.24) is 0 Å². The predicted octanol–water partition coefficient (Wildman–Crippen LogP) is 7.68. The minimum atomic E-state index is -4.36. The molecule has 0 radical (unpaired) electrons. The zero-order chi connectivity index (χ0) is 26.1. The van der Waals surface area contributed by atoms with Crippen molar-refractivity contribution >= 4 is 17.3 Å². The van der Waals surface area contributed by atoms with Gasteiger partial charge in [-0.1, -0.05) is 44.4 Å². The lowest BCUT2D eigenvalue weighted by atomic mass is 10.0. The van der Waals surface area contributed by atoms with Crippen LogP contribution in [-0.2, 0) is 23.8 Å². The lowest BCUT2D eigenvalue weighted by Gasteiger charge is -2.31. The molecule has 2 aromatic rings. The first-order chi connectivity index (χ1) is 17.2. The van der Waals surface area contributed by atoms with Gasteiger partial charge in [0.25, 0.3) is 5.91 Å². The normalized spacial score (nSPS) is 16.0. The Labute approximate surface area is 210 Å². The van der Waals surface area contributed by atoms with Gasteiger partial charge in [0.15, 0.2) is 0 Å². The van der Waals surface area contributed by atoms with Crippen LogP contribution in [0.5, 0.6) is 0 Å². The van der Waals surface area contributed by atoms with Gasteiger partial charge >= 0.3 is 6.18 Å². The summed E-state index contributed by atoms with van der Waals surface area (Å²) in [6.45, 7) is 3.57. The summed E-state index contributed by atoms with van der Waals surface area (Å²) < 4.78 is 67.1. The molecule has 0 spiro atoms. The van der Waals surface area contributed by atoms with E-state index in [2.05, 4.69) is 10.2 Å². The standard InChI is InChI=1S/C28H35F5N2O/c1-2-3-5-8-23(29)26(30)27(36)34-24-16-13-21(19-25(24)35-17-6-4-7-18-35)10-9-20-11-14-22(15-12-20)28(31,32)33/h11-16,19,23,26H,2-10,17-18H2,1H3,(H,34,36)/t23-,26+/m0/s1. The molecule has 0 aromatic heterocycles. The lowest BCUT2D eigenvalue weighted by molar-refractivity contribution is -0.137. The molecule has 0 unspecified atom stereocenters. The minimum Gasteiger partial charge on any atom is -0.370 e. The van der Waals surface area contributed by atoms with E-state index < -0.39 is 30.0 Å². The molecule has 0 aliphatic carbocycles. The number of hydrogen-bond donors (Lipinski definition) is 1. The Kier molecular flexibility index (Phi) is 10.1. The maximum absolute atomic E-state index is 14.5. The number of nitrogens with one attached hydrogen (secondary N) is 1. The number of anilines is 2. The first kappa shape index (κ1) is 27.9. The summed E-state index contributed by atoms with van der Waals surface area (Å²) in [5.41, 5.74) is 2.28. The molecule has 1 heterocycles. The van der Waals surface area contributed by atoms with Gasteiger partial charge in [-0.3, -0.25) is 4.79 Å². The van der Waals surface area contributed by atoms with Gasteiger partial charge in [0, 0.05) is 13.1 Å². The van der Waals surface area contributed by atoms with Crippen LogP contribution in [0, 0.1) is 0 Å². The van der Waals surface area contributed by atoms with Gasteiger partial charge in [0.2, 0.25) is 6.17 Å². The zero-order valence-electron chi connectivity index (χ0n) is 20.7. The van der Waals surface area contributed by atoms with E-state index in [9.17, 15) is 26.7 Å². The Morgan fingerprint density at radius 3 is 2.22 bits per heavy atom. The number of carbonyl (C=O) groups excluding carboxylic acids is 1. The molecule has 2 atom stereocenters. The maximum Gasteiger partial charge on any atom is 0.416 e. The third-order valence-electron chi connectivity index (χ3n) is 6.65. The van der Waals surface area contributed by atoms with E-state index in [4.69, 9.17) is 0 Å². The van der Waals surface area contributed by atoms with Crippen LogP contribution in [0.15, 0.2) is 42.5 Å². The van der Waals surface area contributed by atoms with Crippen LogP contribution in [0.25, 0.3) is 0 Å². The maximum atomic E-state index is 14.5. The molecule has 0 bridgehead atoms. The SMILES string of the molecule is CCCCC[C@H](F)[C@@H](F)C(=O)Nc1ccc(CCc2ccc(C(F)(F)F)cc2)cc1N1CCCCC1. The topological polar surface area (TPSA) is 32.3 Å². The Hall–Kier alpha value is -2.64. The number of amides is 1. The summed E-state index contributed by atoms with van der Waals surface area (Å²) in [6, 6.07) is 10.6. The van der Waals surface area contributed by atoms with E-state index in [1.165, 1.54) is 12.1 Å². The molecular weight excluding hydrogens is 475 g/mol. The quantitative estimate of drug-likeness (QED) is 0.248. The summed E-state index contributed by atoms with van der Waals surface area (Å²) in [7, 11) is 0. The number of aryl methyl sites for hydroxylation is 2. The number of carbonyl (C=O) groups is 1. The second-order valence-electron chi connectivity index (χ2n) is 9.50. The number of nitrogens with zero attached hydrogens (tertiary/aromatic N) is 1. The van der Waals surface area contributed by atoms with E-state index in [0.717, 1.165) is 74.1 Å². The Balaban J connectivity index is 1.71. The number of halogens is 5. The van der Waals surface area contributed by atoms with Crippen molar-refractivity contribution in [3.05, 3.63) is 59.2 Å². The molecule has 1 amide bonds. The molecule has 1 N–H and O–H groups in total. The Bertz CT molecular complexity index is 971. The number of benzene rings is 2. The van der Waals surface area contributed by atoms with Gasteiger partial charge in [-0.25, -0.2) is 8.78 Å². The Morgan fingerprint density at radius 2 is 1.58 bits per heavy atom. The van der Waals surface area contributed by atoms with Gasteiger partial charge in [-0.15, -0.1) is 0 Å². The molecule has 3 nitrogen and oxygen atoms in total. The first-order valence-corrected chi connectivity index (χ1v) is 12.8. The zero-order valence-corrected chi connectivity index (χ0v) is 20.7. The molecule has 3 rings (SSSR count). The molecule has 1 aliphatic rings. The van der Waals surface area contributed by atoms with E-state index in [1.54, 1.807) is 6.07 Å². The first-order valence-electron chi connectivity index (χ1n) is 12.8. The second kappa shape index (κ2) is 13.1. The predicted molar refractivity (Wildman–Crippen MR) is 134 cm³/mol. The number of piperidine rings is 1. The minimum absolute atomic E-state index is 0.0182. The number of hydrogen-bond acceptors (Lipinski definition) is 2. The third-order valence-corrected chi connectivity index (χ3v) is 6.65. The fourth-order valence-corrected chi connectivity index (χ4v) is 4.49. The van der Waals surface area contributed by atoms with E-state index >= 15 is 0 Å². The van der Waals surface area contributed by atoms with Crippen LogP contribution in [0.4, 0.5) is 33.3 Å². The van der Waals surface area contributed by atoms with Gasteiger partial charge in [-0.2, -0.15) is 13.2 Å². The van der Waals surface area contributed by atoms with Crippen molar-refractivity contribution in [2.75, 3.05) is 23.3 Å². The fraction of sp³-hybridized carbons (Fsp3) is 0.536. The van der Waals surface area contributed by atoms with E-state index in [-0.39, 0.29) is 6.42 Å². The van der Waals surface area contributed by atoms with Gasteiger partial charge in [0.05, 0.1) is 16.9 Å². The highest BCUT2D eigenvalue weighted by molar-refractivity contribution is 5.97. The van der Waals surface area contributed by atoms with Crippen molar-refractivity contribution < 1.29 is 26.7 Å². The average molecular weight is 511 g/mol. The van der Waals surface area contributed by atoms with E-state index in [0.29, 0.717) is 24.9 Å². The number of unbranched alkanes of at least 4 members (excludes halogenated alkanes) is 2. The van der Waals surface area contributed by atoms with Crippen molar-refractivity contribution in [2.24, 2.45) is 0 Å². The monoisotopic (exact) mass is 510 g/mol. The smallest absolute Gasteiger partial charge is 0.370 e. The van der Waals surface area contributed by atoms with Crippen LogP contribution in [0.3, 0.4) is 0 Å². The molecule has 36 heavy (non-hydrogen) atoms. The summed E-state index contributed by atoms with van der Waals surface area (Å²) >= 11 is 0. The summed E-state index contributed by atoms with van der Waals surface area (Å²) in [5.74, 6) is -0.977. The third kappa shape index (κ3) is 7.93. The molecule has 1 saturated heterocycles. The summed E-state index contributed by atoms with van der Waals surface area (Å²) in [4.78, 5) is 14.6. The van der Waals surface area contributed by atoms with Crippen LogP contribution < -0.4 is 10.2 Å². The largest absolute Gasteiger partial charge is 0.416 e.